The Hall–Kier alpha value is -1.42. The lowest BCUT2D eigenvalue weighted by Crippen LogP contribution is -2.34. The minimum Gasteiger partial charge on any atom is -0.361 e. The van der Waals surface area contributed by atoms with E-state index in [0.29, 0.717) is 0 Å². The topological polar surface area (TPSA) is 49.9 Å². The molecule has 0 bridgehead atoms. The first-order valence-electron chi connectivity index (χ1n) is 6.91. The number of benzene rings is 1. The van der Waals surface area contributed by atoms with E-state index in [4.69, 9.17) is 9.93 Å². The maximum Gasteiger partial charge on any atom is 0.137 e. The summed E-state index contributed by atoms with van der Waals surface area (Å²) in [6, 6.07) is 6.31. The molecule has 2 aromatic rings. The first-order valence-corrected chi connectivity index (χ1v) is 7.70. The highest BCUT2D eigenvalue weighted by Gasteiger charge is 2.45. The van der Waals surface area contributed by atoms with Crippen LogP contribution in [0.5, 0.6) is 0 Å². The number of halogens is 1. The zero-order valence-corrected chi connectivity index (χ0v) is 12.9. The third kappa shape index (κ3) is 1.57. The number of hydrogen-bond donors (Lipinski definition) is 1. The van der Waals surface area contributed by atoms with Crippen LogP contribution in [0.3, 0.4) is 0 Å². The molecule has 3 nitrogen and oxygen atoms in total. The predicted octanol–water partition coefficient (Wildman–Crippen LogP) is 3.84. The Morgan fingerprint density at radius 2 is 2.20 bits per heavy atom. The maximum absolute atomic E-state index is 8.66. The SMILES string of the molecule is Cc1onc2c1CC1(CC2)Cc2ccc(Br)cc2C1=N. The monoisotopic (exact) mass is 330 g/mol. The number of aryl methyl sites for hydroxylation is 2. The van der Waals surface area contributed by atoms with Crippen molar-refractivity contribution in [3.63, 3.8) is 0 Å². The van der Waals surface area contributed by atoms with E-state index >= 15 is 0 Å². The minimum atomic E-state index is -0.0492. The third-order valence-corrected chi connectivity index (χ3v) is 5.32. The Morgan fingerprint density at radius 1 is 1.35 bits per heavy atom. The fourth-order valence-electron chi connectivity index (χ4n) is 3.68. The van der Waals surface area contributed by atoms with Crippen molar-refractivity contribution >= 4 is 21.6 Å². The number of rotatable bonds is 0. The standard InChI is InChI=1S/C16H15BrN2O/c1-9-13-8-16(5-4-14(13)19-20-9)7-10-2-3-11(17)6-12(10)15(16)18/h2-3,6,18H,4-5,7-8H2,1H3. The van der Waals surface area contributed by atoms with Crippen LogP contribution < -0.4 is 0 Å². The number of nitrogens with one attached hydrogen (secondary N) is 1. The molecule has 0 saturated heterocycles. The van der Waals surface area contributed by atoms with Crippen molar-refractivity contribution < 1.29 is 4.52 Å². The summed E-state index contributed by atoms with van der Waals surface area (Å²) in [6.07, 6.45) is 3.78. The first kappa shape index (κ1) is 12.3. The number of nitrogens with zero attached hydrogens (tertiary/aromatic N) is 1. The molecule has 0 fully saturated rings. The van der Waals surface area contributed by atoms with Crippen LogP contribution in [-0.2, 0) is 19.3 Å². The van der Waals surface area contributed by atoms with Crippen LogP contribution in [0.15, 0.2) is 27.2 Å². The third-order valence-electron chi connectivity index (χ3n) is 4.82. The van der Waals surface area contributed by atoms with E-state index < -0.39 is 0 Å². The minimum absolute atomic E-state index is 0.0492. The van der Waals surface area contributed by atoms with Gasteiger partial charge in [0.25, 0.3) is 0 Å². The fourth-order valence-corrected chi connectivity index (χ4v) is 4.04. The average Bonchev–Trinajstić information content (AvgIpc) is 2.92. The second kappa shape index (κ2) is 4.04. The molecule has 0 amide bonds. The lowest BCUT2D eigenvalue weighted by Gasteiger charge is -2.32. The summed E-state index contributed by atoms with van der Waals surface area (Å²) in [4.78, 5) is 0. The molecular weight excluding hydrogens is 316 g/mol. The summed E-state index contributed by atoms with van der Waals surface area (Å²) in [5.41, 5.74) is 5.48. The van der Waals surface area contributed by atoms with Gasteiger partial charge in [-0.3, -0.25) is 0 Å². The van der Waals surface area contributed by atoms with Crippen molar-refractivity contribution in [2.24, 2.45) is 5.41 Å². The van der Waals surface area contributed by atoms with Gasteiger partial charge in [-0.15, -0.1) is 0 Å². The highest BCUT2D eigenvalue weighted by Crippen LogP contribution is 2.47. The molecule has 0 saturated carbocycles. The van der Waals surface area contributed by atoms with E-state index in [1.807, 2.05) is 6.92 Å². The van der Waals surface area contributed by atoms with Crippen LogP contribution in [0.25, 0.3) is 0 Å². The highest BCUT2D eigenvalue weighted by atomic mass is 79.9. The molecule has 102 valence electrons. The van der Waals surface area contributed by atoms with Gasteiger partial charge in [-0.05, 0) is 50.3 Å². The molecule has 1 unspecified atom stereocenters. The number of hydrogen-bond acceptors (Lipinski definition) is 3. The molecule has 4 rings (SSSR count). The van der Waals surface area contributed by atoms with Crippen LogP contribution in [0, 0.1) is 17.7 Å². The van der Waals surface area contributed by atoms with E-state index in [9.17, 15) is 0 Å². The van der Waals surface area contributed by atoms with Gasteiger partial charge in [0.15, 0.2) is 0 Å². The smallest absolute Gasteiger partial charge is 0.137 e. The summed E-state index contributed by atoms with van der Waals surface area (Å²) in [6.45, 7) is 1.98. The lowest BCUT2D eigenvalue weighted by atomic mass is 9.70. The Labute approximate surface area is 126 Å². The predicted molar refractivity (Wildman–Crippen MR) is 80.4 cm³/mol. The molecule has 1 spiro atoms. The highest BCUT2D eigenvalue weighted by molar-refractivity contribution is 9.10. The fraction of sp³-hybridized carbons (Fsp3) is 0.375. The molecular formula is C16H15BrN2O. The van der Waals surface area contributed by atoms with Crippen LogP contribution in [0.1, 0.15) is 34.6 Å². The molecule has 1 heterocycles. The normalized spacial score (nSPS) is 24.0. The summed E-state index contributed by atoms with van der Waals surface area (Å²) < 4.78 is 6.38. The van der Waals surface area contributed by atoms with E-state index in [-0.39, 0.29) is 5.41 Å². The molecule has 1 aromatic carbocycles. The Morgan fingerprint density at radius 3 is 3.05 bits per heavy atom. The van der Waals surface area contributed by atoms with Gasteiger partial charge in [-0.1, -0.05) is 27.2 Å². The molecule has 0 radical (unpaired) electrons. The molecule has 1 N–H and O–H groups in total. The summed E-state index contributed by atoms with van der Waals surface area (Å²) in [5.74, 6) is 0.920. The molecule has 1 atom stereocenters. The summed E-state index contributed by atoms with van der Waals surface area (Å²) >= 11 is 3.51. The molecule has 0 aliphatic heterocycles. The summed E-state index contributed by atoms with van der Waals surface area (Å²) in [5, 5.41) is 12.8. The van der Waals surface area contributed by atoms with Crippen molar-refractivity contribution in [3.05, 3.63) is 50.8 Å². The second-order valence-electron chi connectivity index (χ2n) is 5.97. The van der Waals surface area contributed by atoms with Gasteiger partial charge in [0.2, 0.25) is 0 Å². The second-order valence-corrected chi connectivity index (χ2v) is 6.89. The summed E-state index contributed by atoms with van der Waals surface area (Å²) in [7, 11) is 0. The Bertz CT molecular complexity index is 734. The van der Waals surface area contributed by atoms with Gasteiger partial charge in [-0.2, -0.15) is 0 Å². The van der Waals surface area contributed by atoms with Crippen LogP contribution in [0.4, 0.5) is 0 Å². The van der Waals surface area contributed by atoms with Crippen molar-refractivity contribution in [2.75, 3.05) is 0 Å². The van der Waals surface area contributed by atoms with Gasteiger partial charge >= 0.3 is 0 Å². The van der Waals surface area contributed by atoms with Crippen LogP contribution in [0.2, 0.25) is 0 Å². The van der Waals surface area contributed by atoms with Gasteiger partial charge in [0.1, 0.15) is 5.76 Å². The number of aromatic nitrogens is 1. The van der Waals surface area contributed by atoms with Gasteiger partial charge < -0.3 is 9.93 Å². The largest absolute Gasteiger partial charge is 0.361 e. The van der Waals surface area contributed by atoms with Crippen molar-refractivity contribution in [2.45, 2.75) is 32.6 Å². The van der Waals surface area contributed by atoms with E-state index in [1.165, 1.54) is 11.1 Å². The van der Waals surface area contributed by atoms with Crippen LogP contribution >= 0.6 is 15.9 Å². The van der Waals surface area contributed by atoms with Crippen molar-refractivity contribution in [1.29, 1.82) is 5.41 Å². The van der Waals surface area contributed by atoms with Crippen molar-refractivity contribution in [1.82, 2.24) is 5.16 Å². The lowest BCUT2D eigenvalue weighted by molar-refractivity contribution is 0.365. The first-order chi connectivity index (χ1) is 9.59. The maximum atomic E-state index is 8.66. The zero-order valence-electron chi connectivity index (χ0n) is 11.3. The average molecular weight is 331 g/mol. The van der Waals surface area contributed by atoms with E-state index in [2.05, 4.69) is 39.3 Å². The zero-order chi connectivity index (χ0) is 13.9. The molecule has 20 heavy (non-hydrogen) atoms. The van der Waals surface area contributed by atoms with E-state index in [0.717, 1.165) is 52.9 Å². The van der Waals surface area contributed by atoms with Crippen LogP contribution in [-0.4, -0.2) is 10.9 Å². The van der Waals surface area contributed by atoms with E-state index in [1.54, 1.807) is 0 Å². The molecule has 2 aliphatic carbocycles. The molecule has 4 heteroatoms. The molecule has 1 aromatic heterocycles. The quantitative estimate of drug-likeness (QED) is 0.797. The Balaban J connectivity index is 1.78. The van der Waals surface area contributed by atoms with Crippen molar-refractivity contribution in [3.8, 4) is 0 Å². The number of fused-ring (bicyclic) bond motifs is 2. The van der Waals surface area contributed by atoms with Gasteiger partial charge in [0, 0.05) is 26.7 Å². The Kier molecular flexibility index (Phi) is 2.49. The van der Waals surface area contributed by atoms with Gasteiger partial charge in [-0.25, -0.2) is 0 Å². The molecule has 2 aliphatic rings. The van der Waals surface area contributed by atoms with Gasteiger partial charge in [0.05, 0.1) is 5.69 Å².